The predicted octanol–water partition coefficient (Wildman–Crippen LogP) is 14.2. The normalized spacial score (nSPS) is 15.6. The number of rotatable bonds is 35. The lowest BCUT2D eigenvalue weighted by atomic mass is 9.96. The Hall–Kier alpha value is -0.640. The van der Waals surface area contributed by atoms with Crippen LogP contribution in [0.5, 0.6) is 0 Å². The number of nitrogens with zero attached hydrogens (tertiary/aromatic N) is 1. The number of ether oxygens (including phenoxy) is 2. The van der Waals surface area contributed by atoms with E-state index in [1.165, 1.54) is 186 Å². The highest BCUT2D eigenvalue weighted by Gasteiger charge is 2.36. The molecule has 0 aromatic heterocycles. The van der Waals surface area contributed by atoms with Gasteiger partial charge in [-0.25, -0.2) is 0 Å². The molecule has 0 N–H and O–H groups in total. The molecule has 1 saturated heterocycles. The number of unbranched alkanes of at least 4 members (excludes halogenated alkanes) is 24. The van der Waals surface area contributed by atoms with Crippen LogP contribution in [0, 0.1) is 5.92 Å². The summed E-state index contributed by atoms with van der Waals surface area (Å²) in [7, 11) is 4.33. The van der Waals surface area contributed by atoms with Crippen molar-refractivity contribution in [3.63, 3.8) is 0 Å². The Morgan fingerprint density at radius 2 is 0.787 bits per heavy atom. The molecule has 0 aromatic carbocycles. The highest BCUT2D eigenvalue weighted by molar-refractivity contribution is 4.82. The molecule has 0 bridgehead atoms. The fourth-order valence-electron chi connectivity index (χ4n) is 6.93. The molecule has 1 aliphatic heterocycles. The van der Waals surface area contributed by atoms with Crippen LogP contribution in [0.4, 0.5) is 0 Å². The van der Waals surface area contributed by atoms with Crippen molar-refractivity contribution in [3.8, 4) is 0 Å². The Kier molecular flexibility index (Phi) is 32.0. The average Bonchev–Trinajstić information content (AvgIpc) is 3.07. The quantitative estimate of drug-likeness (QED) is 0.0499. The van der Waals surface area contributed by atoms with Crippen LogP contribution in [0.1, 0.15) is 213 Å². The van der Waals surface area contributed by atoms with Crippen LogP contribution in [0.3, 0.4) is 0 Å². The lowest BCUT2D eigenvalue weighted by Gasteiger charge is -2.41. The molecule has 0 amide bonds. The van der Waals surface area contributed by atoms with Gasteiger partial charge in [-0.2, -0.15) is 0 Å². The van der Waals surface area contributed by atoms with Crippen LogP contribution in [0.15, 0.2) is 24.3 Å². The van der Waals surface area contributed by atoms with E-state index in [2.05, 4.69) is 57.1 Å². The van der Waals surface area contributed by atoms with Gasteiger partial charge >= 0.3 is 0 Å². The van der Waals surface area contributed by atoms with Crippen LogP contribution in [-0.4, -0.2) is 44.5 Å². The summed E-state index contributed by atoms with van der Waals surface area (Å²) in [5.74, 6) is 0.237. The second-order valence-corrected chi connectivity index (χ2v) is 15.4. The van der Waals surface area contributed by atoms with Crippen LogP contribution in [0.2, 0.25) is 0 Å². The maximum absolute atomic E-state index is 6.60. The first-order valence-electron chi connectivity index (χ1n) is 21.3. The first-order chi connectivity index (χ1) is 23.1. The van der Waals surface area contributed by atoms with Gasteiger partial charge in [0, 0.05) is 18.8 Å². The molecule has 0 unspecified atom stereocenters. The second kappa shape index (κ2) is 33.8. The number of hydrogen-bond acceptors (Lipinski definition) is 3. The van der Waals surface area contributed by atoms with E-state index in [0.717, 1.165) is 32.6 Å². The van der Waals surface area contributed by atoms with Crippen molar-refractivity contribution < 1.29 is 9.47 Å². The summed E-state index contributed by atoms with van der Waals surface area (Å²) in [5.41, 5.74) is 0. The maximum atomic E-state index is 6.60. The van der Waals surface area contributed by atoms with E-state index < -0.39 is 0 Å². The third-order valence-corrected chi connectivity index (χ3v) is 10.3. The molecule has 0 atom stereocenters. The molecule has 1 fully saturated rings. The van der Waals surface area contributed by atoms with Gasteiger partial charge in [0.1, 0.15) is 0 Å². The van der Waals surface area contributed by atoms with E-state index in [0.29, 0.717) is 5.92 Å². The molecule has 3 heteroatoms. The topological polar surface area (TPSA) is 21.7 Å². The fourth-order valence-corrected chi connectivity index (χ4v) is 6.93. The van der Waals surface area contributed by atoms with Gasteiger partial charge < -0.3 is 14.4 Å². The third kappa shape index (κ3) is 28.9. The second-order valence-electron chi connectivity index (χ2n) is 15.4. The lowest BCUT2D eigenvalue weighted by molar-refractivity contribution is -0.290. The summed E-state index contributed by atoms with van der Waals surface area (Å²) in [6.45, 7) is 7.47. The molecule has 1 heterocycles. The van der Waals surface area contributed by atoms with E-state index in [1.54, 1.807) is 0 Å². The van der Waals surface area contributed by atoms with Gasteiger partial charge in [-0.05, 0) is 91.3 Å². The summed E-state index contributed by atoms with van der Waals surface area (Å²) in [6, 6.07) is 0. The van der Waals surface area contributed by atoms with Gasteiger partial charge in [0.2, 0.25) is 0 Å². The van der Waals surface area contributed by atoms with Gasteiger partial charge in [-0.1, -0.05) is 154 Å². The Labute approximate surface area is 296 Å². The van der Waals surface area contributed by atoms with Crippen molar-refractivity contribution in [2.45, 2.75) is 219 Å². The molecule has 1 aliphatic rings. The summed E-state index contributed by atoms with van der Waals surface area (Å²) >= 11 is 0. The molecule has 3 nitrogen and oxygen atoms in total. The van der Waals surface area contributed by atoms with Crippen molar-refractivity contribution in [3.05, 3.63) is 24.3 Å². The van der Waals surface area contributed by atoms with Crippen LogP contribution < -0.4 is 0 Å². The van der Waals surface area contributed by atoms with Crippen LogP contribution in [-0.2, 0) is 9.47 Å². The molecular weight excluding hydrogens is 574 g/mol. The van der Waals surface area contributed by atoms with E-state index in [-0.39, 0.29) is 5.79 Å². The molecule has 278 valence electrons. The zero-order valence-electron chi connectivity index (χ0n) is 32.7. The smallest absolute Gasteiger partial charge is 0.168 e. The SMILES string of the molecule is CCCCCCCC/C=C\CCCCCCCCC1(CCCCCCCC/C=C\CCCCCCCC)OCC(CCN(C)C)CO1. The highest BCUT2D eigenvalue weighted by atomic mass is 16.7. The molecule has 0 spiro atoms. The minimum atomic E-state index is -0.309. The number of allylic oxidation sites excluding steroid dienone is 4. The summed E-state index contributed by atoms with van der Waals surface area (Å²) < 4.78 is 13.2. The van der Waals surface area contributed by atoms with Gasteiger partial charge in [0.05, 0.1) is 13.2 Å². The Balaban J connectivity index is 2.15. The Morgan fingerprint density at radius 3 is 1.13 bits per heavy atom. The molecule has 47 heavy (non-hydrogen) atoms. The zero-order chi connectivity index (χ0) is 33.9. The average molecular weight is 660 g/mol. The fraction of sp³-hybridized carbons (Fsp3) is 0.909. The minimum absolute atomic E-state index is 0.309. The van der Waals surface area contributed by atoms with Crippen molar-refractivity contribution >= 4 is 0 Å². The molecule has 1 rings (SSSR count). The third-order valence-electron chi connectivity index (χ3n) is 10.3. The van der Waals surface area contributed by atoms with Gasteiger partial charge in [0.15, 0.2) is 5.79 Å². The first-order valence-corrected chi connectivity index (χ1v) is 21.3. The van der Waals surface area contributed by atoms with E-state index in [9.17, 15) is 0 Å². The van der Waals surface area contributed by atoms with Crippen LogP contribution in [0.25, 0.3) is 0 Å². The minimum Gasteiger partial charge on any atom is -0.350 e. The molecule has 0 aliphatic carbocycles. The lowest BCUT2D eigenvalue weighted by Crippen LogP contribution is -2.44. The monoisotopic (exact) mass is 660 g/mol. The Morgan fingerprint density at radius 1 is 0.468 bits per heavy atom. The number of hydrogen-bond donors (Lipinski definition) is 0. The van der Waals surface area contributed by atoms with Crippen LogP contribution >= 0.6 is 0 Å². The van der Waals surface area contributed by atoms with Crippen molar-refractivity contribution in [1.82, 2.24) is 4.90 Å². The molecule has 0 saturated carbocycles. The highest BCUT2D eigenvalue weighted by Crippen LogP contribution is 2.33. The van der Waals surface area contributed by atoms with Gasteiger partial charge in [-0.3, -0.25) is 0 Å². The standard InChI is InChI=1S/C44H85NO2/c1-5-7-9-11-13-15-17-19-21-23-25-27-29-31-33-35-38-44(46-41-43(42-47-44)37-40-45(3)4)39-36-34-32-30-28-26-24-22-20-18-16-14-12-10-8-6-2/h19-22,43H,5-18,23-42H2,1-4H3/b21-19-,22-20-. The maximum Gasteiger partial charge on any atom is 0.168 e. The van der Waals surface area contributed by atoms with E-state index in [4.69, 9.17) is 9.47 Å². The molecule has 0 aromatic rings. The van der Waals surface area contributed by atoms with Crippen molar-refractivity contribution in [2.75, 3.05) is 33.9 Å². The first kappa shape index (κ1) is 44.4. The largest absolute Gasteiger partial charge is 0.350 e. The summed E-state index contributed by atoms with van der Waals surface area (Å²) in [6.07, 6.45) is 51.1. The van der Waals surface area contributed by atoms with E-state index in [1.807, 2.05) is 0 Å². The zero-order valence-corrected chi connectivity index (χ0v) is 32.7. The van der Waals surface area contributed by atoms with Crippen molar-refractivity contribution in [1.29, 1.82) is 0 Å². The van der Waals surface area contributed by atoms with E-state index >= 15 is 0 Å². The predicted molar refractivity (Wildman–Crippen MR) is 209 cm³/mol. The molecular formula is C44H85NO2. The van der Waals surface area contributed by atoms with Crippen molar-refractivity contribution in [2.24, 2.45) is 5.92 Å². The van der Waals surface area contributed by atoms with Gasteiger partial charge in [0.25, 0.3) is 0 Å². The van der Waals surface area contributed by atoms with Gasteiger partial charge in [-0.15, -0.1) is 0 Å². The summed E-state index contributed by atoms with van der Waals surface area (Å²) in [5, 5.41) is 0. The molecule has 0 radical (unpaired) electrons. The summed E-state index contributed by atoms with van der Waals surface area (Å²) in [4.78, 5) is 2.28. The Bertz CT molecular complexity index is 634.